The third kappa shape index (κ3) is 5.19. The van der Waals surface area contributed by atoms with Crippen molar-refractivity contribution in [3.8, 4) is 0 Å². The Kier molecular flexibility index (Phi) is 6.80. The van der Waals surface area contributed by atoms with Crippen LogP contribution in [0.15, 0.2) is 121 Å². The monoisotopic (exact) mass is 446 g/mol. The highest BCUT2D eigenvalue weighted by atomic mass is 16.4. The topological polar surface area (TPSA) is 74.6 Å². The van der Waals surface area contributed by atoms with Gasteiger partial charge in [0.1, 0.15) is 0 Å². The number of carbonyl (C=O) groups is 2. The van der Waals surface area contributed by atoms with E-state index in [9.17, 15) is 19.8 Å². The maximum absolute atomic E-state index is 11.3. The van der Waals surface area contributed by atoms with E-state index in [1.807, 2.05) is 72.8 Å². The Labute approximate surface area is 197 Å². The fourth-order valence-electron chi connectivity index (χ4n) is 3.71. The highest BCUT2D eigenvalue weighted by Crippen LogP contribution is 2.28. The number of rotatable bonds is 7. The Bertz CT molecular complexity index is 1240. The van der Waals surface area contributed by atoms with Gasteiger partial charge in [0.15, 0.2) is 0 Å². The van der Waals surface area contributed by atoms with Gasteiger partial charge in [-0.05, 0) is 57.7 Å². The number of carboxylic acid groups (broad SMARTS) is 2. The third-order valence-electron chi connectivity index (χ3n) is 5.47. The lowest BCUT2D eigenvalue weighted by Crippen LogP contribution is -1.97. The molecule has 34 heavy (non-hydrogen) atoms. The molecule has 0 bridgehead atoms. The zero-order chi connectivity index (χ0) is 23.9. The van der Waals surface area contributed by atoms with E-state index < -0.39 is 11.9 Å². The van der Waals surface area contributed by atoms with Gasteiger partial charge >= 0.3 is 11.9 Å². The van der Waals surface area contributed by atoms with E-state index in [1.165, 1.54) is 0 Å². The quantitative estimate of drug-likeness (QED) is 0.312. The van der Waals surface area contributed by atoms with Crippen LogP contribution in [0, 0.1) is 0 Å². The van der Waals surface area contributed by atoms with Gasteiger partial charge in [-0.25, -0.2) is 9.59 Å². The molecule has 0 aliphatic heterocycles. The molecule has 166 valence electrons. The maximum Gasteiger partial charge on any atom is 0.335 e. The molecule has 2 N–H and O–H groups in total. The molecule has 0 amide bonds. The average molecular weight is 447 g/mol. The molecule has 0 aromatic heterocycles. The first kappa shape index (κ1) is 22.5. The SMILES string of the molecule is O=C(O)c1ccc(C(=CC=C(c2ccccc2)c2ccc(C(=O)O)cc2)c2ccccc2)cc1. The number of aromatic carboxylic acids is 2. The van der Waals surface area contributed by atoms with Crippen molar-refractivity contribution >= 4 is 23.1 Å². The zero-order valence-corrected chi connectivity index (χ0v) is 18.3. The van der Waals surface area contributed by atoms with E-state index in [2.05, 4.69) is 0 Å². The number of hydrogen-bond donors (Lipinski definition) is 2. The minimum Gasteiger partial charge on any atom is -0.478 e. The summed E-state index contributed by atoms with van der Waals surface area (Å²) in [6, 6.07) is 33.4. The second kappa shape index (κ2) is 10.3. The minimum absolute atomic E-state index is 0.232. The van der Waals surface area contributed by atoms with Crippen LogP contribution in [-0.2, 0) is 0 Å². The molecule has 0 aliphatic rings. The molecule has 0 aliphatic carbocycles. The van der Waals surface area contributed by atoms with E-state index in [1.54, 1.807) is 48.5 Å². The number of hydrogen-bond acceptors (Lipinski definition) is 2. The Morgan fingerprint density at radius 2 is 0.676 bits per heavy atom. The summed E-state index contributed by atoms with van der Waals surface area (Å²) >= 11 is 0. The van der Waals surface area contributed by atoms with Crippen LogP contribution in [0.1, 0.15) is 43.0 Å². The molecule has 0 fully saturated rings. The van der Waals surface area contributed by atoms with Crippen molar-refractivity contribution in [3.63, 3.8) is 0 Å². The van der Waals surface area contributed by atoms with Crippen molar-refractivity contribution in [2.75, 3.05) is 0 Å². The van der Waals surface area contributed by atoms with Crippen LogP contribution in [0.25, 0.3) is 11.1 Å². The van der Waals surface area contributed by atoms with Gasteiger partial charge in [-0.2, -0.15) is 0 Å². The van der Waals surface area contributed by atoms with E-state index >= 15 is 0 Å². The van der Waals surface area contributed by atoms with E-state index in [4.69, 9.17) is 0 Å². The summed E-state index contributed by atoms with van der Waals surface area (Å²) in [6.07, 6.45) is 4.02. The predicted molar refractivity (Wildman–Crippen MR) is 134 cm³/mol. The Morgan fingerprint density at radius 1 is 0.412 bits per heavy atom. The molecule has 4 nitrogen and oxygen atoms in total. The first-order chi connectivity index (χ1) is 16.5. The van der Waals surface area contributed by atoms with Gasteiger partial charge in [0.2, 0.25) is 0 Å². The molecule has 0 atom stereocenters. The standard InChI is InChI=1S/C30H22O4/c31-29(32)25-15-11-23(12-16-25)27(21-7-3-1-4-8-21)19-20-28(22-9-5-2-6-10-22)24-13-17-26(18-14-24)30(33)34/h1-20H,(H,31,32)(H,33,34). The van der Waals surface area contributed by atoms with Crippen molar-refractivity contribution in [1.29, 1.82) is 0 Å². The summed E-state index contributed by atoms with van der Waals surface area (Å²) in [5.41, 5.74) is 6.11. The van der Waals surface area contributed by atoms with Gasteiger partial charge < -0.3 is 10.2 Å². The van der Waals surface area contributed by atoms with Crippen molar-refractivity contribution in [2.24, 2.45) is 0 Å². The van der Waals surface area contributed by atoms with Crippen LogP contribution < -0.4 is 0 Å². The largest absolute Gasteiger partial charge is 0.478 e. The molecule has 0 unspecified atom stereocenters. The van der Waals surface area contributed by atoms with Crippen molar-refractivity contribution in [1.82, 2.24) is 0 Å². The van der Waals surface area contributed by atoms with E-state index in [0.717, 1.165) is 33.4 Å². The molecule has 4 heteroatoms. The molecule has 0 saturated carbocycles. The van der Waals surface area contributed by atoms with Crippen LogP contribution in [-0.4, -0.2) is 22.2 Å². The molecular formula is C30H22O4. The number of benzene rings is 4. The lowest BCUT2D eigenvalue weighted by Gasteiger charge is -2.11. The highest BCUT2D eigenvalue weighted by molar-refractivity contribution is 5.91. The van der Waals surface area contributed by atoms with Crippen LogP contribution in [0.5, 0.6) is 0 Å². The number of carboxylic acids is 2. The first-order valence-corrected chi connectivity index (χ1v) is 10.7. The molecular weight excluding hydrogens is 424 g/mol. The minimum atomic E-state index is -0.965. The van der Waals surface area contributed by atoms with Gasteiger partial charge in [-0.3, -0.25) is 0 Å². The molecule has 0 radical (unpaired) electrons. The van der Waals surface area contributed by atoms with Crippen molar-refractivity contribution in [3.05, 3.63) is 155 Å². The van der Waals surface area contributed by atoms with Crippen LogP contribution >= 0.6 is 0 Å². The Hall–Kier alpha value is -4.70. The van der Waals surface area contributed by atoms with Gasteiger partial charge in [0.25, 0.3) is 0 Å². The molecule has 0 heterocycles. The summed E-state index contributed by atoms with van der Waals surface area (Å²) in [4.78, 5) is 22.6. The second-order valence-corrected chi connectivity index (χ2v) is 7.66. The summed E-state index contributed by atoms with van der Waals surface area (Å²) in [7, 11) is 0. The lowest BCUT2D eigenvalue weighted by atomic mass is 9.93. The fourth-order valence-corrected chi connectivity index (χ4v) is 3.71. The van der Waals surface area contributed by atoms with Crippen LogP contribution in [0.4, 0.5) is 0 Å². The molecule has 4 aromatic carbocycles. The normalized spacial score (nSPS) is 11.8. The summed E-state index contributed by atoms with van der Waals surface area (Å²) in [5.74, 6) is -1.93. The van der Waals surface area contributed by atoms with E-state index in [-0.39, 0.29) is 11.1 Å². The van der Waals surface area contributed by atoms with Gasteiger partial charge in [0.05, 0.1) is 11.1 Å². The van der Waals surface area contributed by atoms with E-state index in [0.29, 0.717) is 0 Å². The molecule has 0 saturated heterocycles. The maximum atomic E-state index is 11.3. The predicted octanol–water partition coefficient (Wildman–Crippen LogP) is 6.65. The fraction of sp³-hybridized carbons (Fsp3) is 0. The molecule has 4 rings (SSSR count). The highest BCUT2D eigenvalue weighted by Gasteiger charge is 2.10. The van der Waals surface area contributed by atoms with Gasteiger partial charge in [-0.1, -0.05) is 97.1 Å². The lowest BCUT2D eigenvalue weighted by molar-refractivity contribution is 0.0686. The molecule has 4 aromatic rings. The zero-order valence-electron chi connectivity index (χ0n) is 18.3. The second-order valence-electron chi connectivity index (χ2n) is 7.66. The number of allylic oxidation sites excluding steroid dienone is 2. The Balaban J connectivity index is 1.85. The third-order valence-corrected chi connectivity index (χ3v) is 5.47. The average Bonchev–Trinajstić information content (AvgIpc) is 2.88. The summed E-state index contributed by atoms with van der Waals surface area (Å²) < 4.78 is 0. The summed E-state index contributed by atoms with van der Waals surface area (Å²) in [6.45, 7) is 0. The summed E-state index contributed by atoms with van der Waals surface area (Å²) in [5, 5.41) is 18.5. The smallest absolute Gasteiger partial charge is 0.335 e. The van der Waals surface area contributed by atoms with Crippen molar-refractivity contribution < 1.29 is 19.8 Å². The van der Waals surface area contributed by atoms with Crippen LogP contribution in [0.3, 0.4) is 0 Å². The first-order valence-electron chi connectivity index (χ1n) is 10.7. The van der Waals surface area contributed by atoms with Gasteiger partial charge in [0, 0.05) is 0 Å². The van der Waals surface area contributed by atoms with Crippen molar-refractivity contribution in [2.45, 2.75) is 0 Å². The van der Waals surface area contributed by atoms with Gasteiger partial charge in [-0.15, -0.1) is 0 Å². The molecule has 0 spiro atoms. The van der Waals surface area contributed by atoms with Crippen LogP contribution in [0.2, 0.25) is 0 Å². The Morgan fingerprint density at radius 3 is 0.971 bits per heavy atom.